The Labute approximate surface area is 112 Å². The summed E-state index contributed by atoms with van der Waals surface area (Å²) in [4.78, 5) is 4.09. The van der Waals surface area contributed by atoms with Crippen molar-refractivity contribution in [3.8, 4) is 0 Å². The number of halogens is 1. The van der Waals surface area contributed by atoms with Gasteiger partial charge in [-0.15, -0.1) is 35.9 Å². The second kappa shape index (κ2) is 6.82. The Balaban J connectivity index is 0.00000128. The van der Waals surface area contributed by atoms with E-state index in [1.54, 1.807) is 0 Å². The van der Waals surface area contributed by atoms with E-state index < -0.39 is 0 Å². The average molecular weight is 279 g/mol. The van der Waals surface area contributed by atoms with E-state index in [1.165, 1.54) is 30.8 Å². The van der Waals surface area contributed by atoms with Crippen LogP contribution in [0.4, 0.5) is 0 Å². The number of hydrogen-bond donors (Lipinski definition) is 0. The summed E-state index contributed by atoms with van der Waals surface area (Å²) in [6, 6.07) is 0. The van der Waals surface area contributed by atoms with Crippen molar-refractivity contribution >= 4 is 35.9 Å². The van der Waals surface area contributed by atoms with E-state index in [0.29, 0.717) is 4.08 Å². The molecule has 1 aromatic rings. The monoisotopic (exact) mass is 278 g/mol. The molecule has 0 bridgehead atoms. The maximum Gasteiger partial charge on any atom is 0.0945 e. The van der Waals surface area contributed by atoms with E-state index in [9.17, 15) is 0 Å². The molecular weight excluding hydrogens is 260 g/mol. The first-order valence-electron chi connectivity index (χ1n) is 5.58. The fourth-order valence-electron chi connectivity index (χ4n) is 2.01. The molecule has 5 heteroatoms. The summed E-state index contributed by atoms with van der Waals surface area (Å²) in [5, 5.41) is 0. The Bertz CT molecular complexity index is 284. The van der Waals surface area contributed by atoms with Crippen molar-refractivity contribution in [3.63, 3.8) is 0 Å². The number of imidazole rings is 1. The van der Waals surface area contributed by atoms with Gasteiger partial charge in [-0.2, -0.15) is 0 Å². The summed E-state index contributed by atoms with van der Waals surface area (Å²) in [5.74, 6) is 2.66. The third-order valence-electron chi connectivity index (χ3n) is 2.75. The molecule has 0 unspecified atom stereocenters. The van der Waals surface area contributed by atoms with Crippen LogP contribution >= 0.6 is 35.9 Å². The number of aryl methyl sites for hydroxylation is 1. The quantitative estimate of drug-likeness (QED) is 0.818. The van der Waals surface area contributed by atoms with Crippen molar-refractivity contribution in [2.45, 2.75) is 36.8 Å². The van der Waals surface area contributed by atoms with Crippen LogP contribution in [0.15, 0.2) is 18.7 Å². The summed E-state index contributed by atoms with van der Waals surface area (Å²) >= 11 is 4.33. The lowest BCUT2D eigenvalue weighted by Crippen LogP contribution is -2.19. The average Bonchev–Trinajstić information content (AvgIpc) is 2.85. The molecule has 0 aliphatic carbocycles. The van der Waals surface area contributed by atoms with Crippen molar-refractivity contribution in [1.29, 1.82) is 0 Å². The van der Waals surface area contributed by atoms with Crippen LogP contribution < -0.4 is 0 Å². The van der Waals surface area contributed by atoms with Crippen molar-refractivity contribution < 1.29 is 0 Å². The van der Waals surface area contributed by atoms with E-state index in [1.807, 2.05) is 12.5 Å². The Hall–Kier alpha value is 0.200. The van der Waals surface area contributed by atoms with Gasteiger partial charge in [0.05, 0.1) is 10.4 Å². The Morgan fingerprint density at radius 1 is 1.31 bits per heavy atom. The normalized spacial score (nSPS) is 18.3. The van der Waals surface area contributed by atoms with Crippen molar-refractivity contribution in [1.82, 2.24) is 9.55 Å². The third kappa shape index (κ3) is 3.60. The zero-order valence-electron chi connectivity index (χ0n) is 9.59. The van der Waals surface area contributed by atoms with Crippen LogP contribution in [0, 0.1) is 0 Å². The maximum atomic E-state index is 4.09. The maximum absolute atomic E-state index is 4.09. The summed E-state index contributed by atoms with van der Waals surface area (Å²) in [6.07, 6.45) is 9.75. The highest BCUT2D eigenvalue weighted by atomic mass is 35.5. The number of thioether (sulfide) groups is 2. The first kappa shape index (κ1) is 14.3. The molecule has 0 radical (unpaired) electrons. The van der Waals surface area contributed by atoms with E-state index >= 15 is 0 Å². The number of nitrogens with zero attached hydrogens (tertiary/aromatic N) is 2. The van der Waals surface area contributed by atoms with Crippen LogP contribution in [-0.2, 0) is 6.54 Å². The molecule has 1 aliphatic rings. The van der Waals surface area contributed by atoms with Crippen LogP contribution in [-0.4, -0.2) is 25.1 Å². The third-order valence-corrected chi connectivity index (χ3v) is 6.41. The van der Waals surface area contributed by atoms with Gasteiger partial charge in [-0.25, -0.2) is 4.98 Å². The fourth-order valence-corrected chi connectivity index (χ4v) is 5.42. The minimum absolute atomic E-state index is 0. The van der Waals surface area contributed by atoms with Gasteiger partial charge >= 0.3 is 0 Å². The highest BCUT2D eigenvalue weighted by Gasteiger charge is 2.34. The van der Waals surface area contributed by atoms with Gasteiger partial charge in [0, 0.05) is 30.4 Å². The van der Waals surface area contributed by atoms with Crippen LogP contribution in [0.1, 0.15) is 26.2 Å². The molecule has 1 aromatic heterocycles. The second-order valence-corrected chi connectivity index (χ2v) is 7.12. The van der Waals surface area contributed by atoms with Gasteiger partial charge in [-0.1, -0.05) is 13.3 Å². The minimum Gasteiger partial charge on any atom is -0.337 e. The lowest BCUT2D eigenvalue weighted by molar-refractivity contribution is 0.569. The molecule has 16 heavy (non-hydrogen) atoms. The second-order valence-electron chi connectivity index (χ2n) is 3.91. The molecule has 2 nitrogen and oxygen atoms in total. The molecule has 1 aliphatic heterocycles. The first-order chi connectivity index (χ1) is 7.35. The van der Waals surface area contributed by atoms with Gasteiger partial charge in [0.1, 0.15) is 0 Å². The zero-order chi connectivity index (χ0) is 10.6. The Morgan fingerprint density at radius 2 is 2.06 bits per heavy atom. The molecule has 0 amide bonds. The smallest absolute Gasteiger partial charge is 0.0945 e. The molecular formula is C11H19ClN2S2. The molecule has 92 valence electrons. The largest absolute Gasteiger partial charge is 0.337 e. The highest BCUT2D eigenvalue weighted by Crippen LogP contribution is 2.49. The van der Waals surface area contributed by atoms with Crippen LogP contribution in [0.2, 0.25) is 0 Å². The van der Waals surface area contributed by atoms with E-state index in [4.69, 9.17) is 0 Å². The molecule has 0 atom stereocenters. The topological polar surface area (TPSA) is 17.8 Å². The van der Waals surface area contributed by atoms with Crippen LogP contribution in [0.5, 0.6) is 0 Å². The molecule has 1 saturated heterocycles. The molecule has 2 heterocycles. The highest BCUT2D eigenvalue weighted by molar-refractivity contribution is 8.21. The van der Waals surface area contributed by atoms with Gasteiger partial charge in [-0.3, -0.25) is 0 Å². The van der Waals surface area contributed by atoms with E-state index in [-0.39, 0.29) is 12.4 Å². The van der Waals surface area contributed by atoms with Gasteiger partial charge in [0.2, 0.25) is 0 Å². The molecule has 0 N–H and O–H groups in total. The summed E-state index contributed by atoms with van der Waals surface area (Å²) in [6.45, 7) is 3.40. The van der Waals surface area contributed by atoms with Gasteiger partial charge < -0.3 is 4.57 Å². The number of aromatic nitrogens is 2. The summed E-state index contributed by atoms with van der Waals surface area (Å²) < 4.78 is 2.69. The van der Waals surface area contributed by atoms with Crippen molar-refractivity contribution in [2.75, 3.05) is 11.5 Å². The lowest BCUT2D eigenvalue weighted by atomic mass is 10.2. The Kier molecular flexibility index (Phi) is 6.08. The van der Waals surface area contributed by atoms with Crippen LogP contribution in [0.25, 0.3) is 0 Å². The molecule has 0 spiro atoms. The van der Waals surface area contributed by atoms with Gasteiger partial charge in [-0.05, 0) is 12.8 Å². The van der Waals surface area contributed by atoms with Crippen molar-refractivity contribution in [3.05, 3.63) is 18.7 Å². The van der Waals surface area contributed by atoms with Gasteiger partial charge in [0.15, 0.2) is 0 Å². The van der Waals surface area contributed by atoms with Crippen molar-refractivity contribution in [2.24, 2.45) is 0 Å². The Morgan fingerprint density at radius 3 is 2.62 bits per heavy atom. The molecule has 1 fully saturated rings. The standard InChI is InChI=1S/C11H18N2S2.ClH/c1-2-3-11(14-8-9-15-11)4-6-13-7-5-12-10-13;/h5,7,10H,2-4,6,8-9H2,1H3;1H. The summed E-state index contributed by atoms with van der Waals surface area (Å²) in [7, 11) is 0. The van der Waals surface area contributed by atoms with E-state index in [0.717, 1.165) is 6.54 Å². The van der Waals surface area contributed by atoms with Crippen LogP contribution in [0.3, 0.4) is 0 Å². The SMILES string of the molecule is CCCC1(CCn2ccnc2)SCCS1.Cl. The number of hydrogen-bond acceptors (Lipinski definition) is 3. The molecule has 0 saturated carbocycles. The molecule has 0 aromatic carbocycles. The number of rotatable bonds is 5. The van der Waals surface area contributed by atoms with Gasteiger partial charge in [0.25, 0.3) is 0 Å². The molecule has 2 rings (SSSR count). The first-order valence-corrected chi connectivity index (χ1v) is 7.55. The van der Waals surface area contributed by atoms with E-state index in [2.05, 4.69) is 46.2 Å². The lowest BCUT2D eigenvalue weighted by Gasteiger charge is -2.26. The predicted molar refractivity (Wildman–Crippen MR) is 76.6 cm³/mol. The fraction of sp³-hybridized carbons (Fsp3) is 0.727. The summed E-state index contributed by atoms with van der Waals surface area (Å²) in [5.41, 5.74) is 0. The zero-order valence-corrected chi connectivity index (χ0v) is 12.0. The predicted octanol–water partition coefficient (Wildman–Crippen LogP) is 3.67. The minimum atomic E-state index is 0.